The van der Waals surface area contributed by atoms with E-state index in [-0.39, 0.29) is 0 Å². The number of anilines is 1. The van der Waals surface area contributed by atoms with E-state index in [2.05, 4.69) is 58.4 Å². The molecule has 2 aromatic heterocycles. The molecule has 1 fully saturated rings. The van der Waals surface area contributed by atoms with E-state index in [1.165, 1.54) is 11.9 Å². The molecule has 0 unspecified atom stereocenters. The van der Waals surface area contributed by atoms with Gasteiger partial charge in [-0.2, -0.15) is 5.10 Å². The van der Waals surface area contributed by atoms with E-state index in [9.17, 15) is 8.42 Å². The lowest BCUT2D eigenvalue weighted by atomic mass is 10.0. The van der Waals surface area contributed by atoms with Crippen LogP contribution in [-0.2, 0) is 9.84 Å². The number of aromatic nitrogens is 3. The summed E-state index contributed by atoms with van der Waals surface area (Å²) in [6.45, 7) is 8.36. The van der Waals surface area contributed by atoms with Gasteiger partial charge in [-0.25, -0.2) is 17.9 Å². The van der Waals surface area contributed by atoms with Crippen molar-refractivity contribution in [3.63, 3.8) is 0 Å². The molecular weight excluding hydrogens is 446 g/mol. The number of aryl methyl sites for hydroxylation is 1. The van der Waals surface area contributed by atoms with Crippen LogP contribution in [0.3, 0.4) is 0 Å². The molecule has 0 bridgehead atoms. The van der Waals surface area contributed by atoms with Crippen molar-refractivity contribution in [2.24, 2.45) is 0 Å². The summed E-state index contributed by atoms with van der Waals surface area (Å²) in [5.41, 5.74) is 6.42. The fraction of sp³-hybridized carbons (Fsp3) is 0.308. The molecule has 5 rings (SSSR count). The van der Waals surface area contributed by atoms with Crippen molar-refractivity contribution in [1.29, 1.82) is 0 Å². The molecule has 0 aliphatic carbocycles. The lowest BCUT2D eigenvalue weighted by Gasteiger charge is -2.41. The number of hydrogen-bond donors (Lipinski definition) is 1. The highest BCUT2D eigenvalue weighted by Gasteiger charge is 2.24. The van der Waals surface area contributed by atoms with Gasteiger partial charge in [0.15, 0.2) is 15.5 Å². The van der Waals surface area contributed by atoms with Crippen LogP contribution < -0.4 is 10.2 Å². The molecule has 176 valence electrons. The van der Waals surface area contributed by atoms with Crippen LogP contribution in [0.2, 0.25) is 0 Å². The van der Waals surface area contributed by atoms with Crippen molar-refractivity contribution in [2.75, 3.05) is 24.2 Å². The van der Waals surface area contributed by atoms with Gasteiger partial charge in [-0.3, -0.25) is 0 Å². The number of nitrogens with zero attached hydrogens (tertiary/aromatic N) is 4. The van der Waals surface area contributed by atoms with Crippen molar-refractivity contribution in [3.05, 3.63) is 66.6 Å². The highest BCUT2D eigenvalue weighted by molar-refractivity contribution is 7.90. The molecule has 2 atom stereocenters. The summed E-state index contributed by atoms with van der Waals surface area (Å²) in [5.74, 6) is 0. The first-order valence-electron chi connectivity index (χ1n) is 11.5. The first kappa shape index (κ1) is 22.6. The molecule has 0 radical (unpaired) electrons. The molecule has 0 saturated carbocycles. The Balaban J connectivity index is 1.47. The van der Waals surface area contributed by atoms with Crippen LogP contribution in [-0.4, -0.2) is 54.4 Å². The zero-order valence-electron chi connectivity index (χ0n) is 19.9. The SMILES string of the molecule is Cc1cc(-c2cnn3cc(-c4ccc(N5[C@H](C)CNC[C@@H]5C)cc4)cnc23)cc(S(C)(=O)=O)c1. The molecule has 4 aromatic rings. The second-order valence-electron chi connectivity index (χ2n) is 9.29. The van der Waals surface area contributed by atoms with Crippen molar-refractivity contribution < 1.29 is 8.42 Å². The highest BCUT2D eigenvalue weighted by Crippen LogP contribution is 2.30. The van der Waals surface area contributed by atoms with Gasteiger partial charge in [0, 0.05) is 60.6 Å². The van der Waals surface area contributed by atoms with Gasteiger partial charge in [0.2, 0.25) is 0 Å². The summed E-state index contributed by atoms with van der Waals surface area (Å²) in [4.78, 5) is 7.45. The third kappa shape index (κ3) is 4.19. The minimum absolute atomic E-state index is 0.298. The van der Waals surface area contributed by atoms with Gasteiger partial charge in [-0.15, -0.1) is 0 Å². The predicted octanol–water partition coefficient (Wildman–Crippen LogP) is 3.96. The van der Waals surface area contributed by atoms with Gasteiger partial charge < -0.3 is 10.2 Å². The maximum Gasteiger partial charge on any atom is 0.175 e. The van der Waals surface area contributed by atoms with Crippen LogP contribution in [0.25, 0.3) is 27.9 Å². The number of benzene rings is 2. The van der Waals surface area contributed by atoms with Crippen molar-refractivity contribution in [2.45, 2.75) is 37.8 Å². The molecule has 1 aliphatic heterocycles. The van der Waals surface area contributed by atoms with E-state index >= 15 is 0 Å². The number of sulfone groups is 1. The Bertz CT molecular complexity index is 1450. The van der Waals surface area contributed by atoms with Gasteiger partial charge in [0.05, 0.1) is 11.1 Å². The number of rotatable bonds is 4. The van der Waals surface area contributed by atoms with Crippen LogP contribution in [0, 0.1) is 6.92 Å². The molecule has 1 N–H and O–H groups in total. The summed E-state index contributed by atoms with van der Waals surface area (Å²) in [5, 5.41) is 7.98. The van der Waals surface area contributed by atoms with E-state index < -0.39 is 9.84 Å². The van der Waals surface area contributed by atoms with Crippen molar-refractivity contribution >= 4 is 21.2 Å². The van der Waals surface area contributed by atoms with E-state index in [0.29, 0.717) is 22.6 Å². The quantitative estimate of drug-likeness (QED) is 0.481. The van der Waals surface area contributed by atoms with Gasteiger partial charge >= 0.3 is 0 Å². The fourth-order valence-electron chi connectivity index (χ4n) is 4.81. The summed E-state index contributed by atoms with van der Waals surface area (Å²) in [7, 11) is -3.31. The Kier molecular flexibility index (Phi) is 5.65. The van der Waals surface area contributed by atoms with Crippen molar-refractivity contribution in [1.82, 2.24) is 19.9 Å². The molecule has 0 spiro atoms. The highest BCUT2D eigenvalue weighted by atomic mass is 32.2. The minimum Gasteiger partial charge on any atom is -0.364 e. The average Bonchev–Trinajstić information content (AvgIpc) is 3.22. The number of hydrogen-bond acceptors (Lipinski definition) is 6. The Morgan fingerprint density at radius 1 is 0.941 bits per heavy atom. The van der Waals surface area contributed by atoms with E-state index in [1.807, 2.05) is 25.4 Å². The molecule has 1 aliphatic rings. The molecule has 8 heteroatoms. The van der Waals surface area contributed by atoms with E-state index in [1.54, 1.807) is 22.8 Å². The first-order chi connectivity index (χ1) is 16.2. The zero-order chi connectivity index (χ0) is 24.0. The monoisotopic (exact) mass is 475 g/mol. The molecular formula is C26H29N5O2S. The minimum atomic E-state index is -3.31. The average molecular weight is 476 g/mol. The second kappa shape index (κ2) is 8.52. The molecule has 34 heavy (non-hydrogen) atoms. The normalized spacial score (nSPS) is 19.0. The summed E-state index contributed by atoms with van der Waals surface area (Å²) in [6.07, 6.45) is 6.77. The van der Waals surface area contributed by atoms with Gasteiger partial charge in [-0.05, 0) is 61.7 Å². The van der Waals surface area contributed by atoms with Gasteiger partial charge in [-0.1, -0.05) is 18.2 Å². The summed E-state index contributed by atoms with van der Waals surface area (Å²) < 4.78 is 25.9. The number of nitrogens with one attached hydrogen (secondary N) is 1. The summed E-state index contributed by atoms with van der Waals surface area (Å²) >= 11 is 0. The van der Waals surface area contributed by atoms with Crippen molar-refractivity contribution in [3.8, 4) is 22.3 Å². The van der Waals surface area contributed by atoms with Crippen LogP contribution in [0.1, 0.15) is 19.4 Å². The maximum atomic E-state index is 12.1. The van der Waals surface area contributed by atoms with E-state index in [4.69, 9.17) is 0 Å². The molecule has 1 saturated heterocycles. The van der Waals surface area contributed by atoms with Crippen LogP contribution in [0.15, 0.2) is 66.0 Å². The largest absolute Gasteiger partial charge is 0.364 e. The Morgan fingerprint density at radius 3 is 2.32 bits per heavy atom. The topological polar surface area (TPSA) is 79.6 Å². The Labute approximate surface area is 200 Å². The summed E-state index contributed by atoms with van der Waals surface area (Å²) in [6, 6.07) is 14.8. The van der Waals surface area contributed by atoms with Gasteiger partial charge in [0.1, 0.15) is 0 Å². The van der Waals surface area contributed by atoms with E-state index in [0.717, 1.165) is 40.9 Å². The first-order valence-corrected chi connectivity index (χ1v) is 13.3. The number of piperazine rings is 1. The fourth-order valence-corrected chi connectivity index (χ4v) is 5.55. The molecule has 7 nitrogen and oxygen atoms in total. The van der Waals surface area contributed by atoms with Gasteiger partial charge in [0.25, 0.3) is 0 Å². The standard InChI is InChI=1S/C26H29N5O2S/c1-17-9-21(11-24(10-17)34(4,32)33)25-15-29-30-16-22(14-28-26(25)30)20-5-7-23(8-6-20)31-18(2)12-27-13-19(31)3/h5-11,14-16,18-19,27H,12-13H2,1-4H3/t18-,19+. The van der Waals surface area contributed by atoms with Crippen LogP contribution in [0.5, 0.6) is 0 Å². The number of fused-ring (bicyclic) bond motifs is 1. The molecule has 3 heterocycles. The Hall–Kier alpha value is -3.23. The third-order valence-corrected chi connectivity index (χ3v) is 7.57. The smallest absolute Gasteiger partial charge is 0.175 e. The lowest BCUT2D eigenvalue weighted by molar-refractivity contribution is 0.432. The lowest BCUT2D eigenvalue weighted by Crippen LogP contribution is -2.55. The van der Waals surface area contributed by atoms with Crippen LogP contribution >= 0.6 is 0 Å². The zero-order valence-corrected chi connectivity index (χ0v) is 20.7. The molecule has 0 amide bonds. The third-order valence-electron chi connectivity index (χ3n) is 6.47. The Morgan fingerprint density at radius 2 is 1.65 bits per heavy atom. The maximum absolute atomic E-state index is 12.1. The second-order valence-corrected chi connectivity index (χ2v) is 11.3. The molecule has 2 aromatic carbocycles. The van der Waals surface area contributed by atoms with Crippen LogP contribution in [0.4, 0.5) is 5.69 Å². The predicted molar refractivity (Wildman–Crippen MR) is 136 cm³/mol.